The highest BCUT2D eigenvalue weighted by molar-refractivity contribution is 5.93. The molecule has 0 atom stereocenters. The molecular weight excluding hydrogens is 318 g/mol. The average molecular weight is 343 g/mol. The minimum atomic E-state index is -0.171. The van der Waals surface area contributed by atoms with E-state index in [4.69, 9.17) is 9.47 Å². The first kappa shape index (κ1) is 18.7. The Balaban J connectivity index is 1.80. The van der Waals surface area contributed by atoms with E-state index in [1.807, 2.05) is 30.3 Å². The second kappa shape index (κ2) is 10.3. The molecule has 0 aliphatic carbocycles. The number of carbonyl (C=O) groups excluding carboxylic acids is 1. The molecule has 0 fully saturated rings. The fourth-order valence-corrected chi connectivity index (χ4v) is 2.32. The maximum Gasteiger partial charge on any atom is 0.269 e. The molecule has 1 heterocycles. The van der Waals surface area contributed by atoms with E-state index < -0.39 is 0 Å². The number of aromatic nitrogens is 1. The van der Waals surface area contributed by atoms with Crippen LogP contribution in [0.2, 0.25) is 0 Å². The van der Waals surface area contributed by atoms with Crippen molar-refractivity contribution in [3.05, 3.63) is 53.9 Å². The van der Waals surface area contributed by atoms with Crippen LogP contribution in [0.5, 0.6) is 5.75 Å². The number of hydrogen-bond acceptors (Lipinski definition) is 5. The van der Waals surface area contributed by atoms with Gasteiger partial charge in [0.2, 0.25) is 0 Å². The third kappa shape index (κ3) is 6.43. The molecule has 0 aliphatic rings. The Hall–Kier alpha value is -2.60. The number of hydrogen-bond donors (Lipinski definition) is 2. The topological polar surface area (TPSA) is 72.5 Å². The summed E-state index contributed by atoms with van der Waals surface area (Å²) < 4.78 is 10.1. The standard InChI is InChI=1S/C19H25N3O3/c1-24-13-3-10-22-19(23)18-14-16(9-12-21-18)20-11-8-15-4-6-17(25-2)7-5-15/h4-7,9,12,14H,3,8,10-11,13H2,1-2H3,(H,20,21)(H,22,23). The maximum absolute atomic E-state index is 12.1. The fraction of sp³-hybridized carbons (Fsp3) is 0.368. The summed E-state index contributed by atoms with van der Waals surface area (Å²) in [6.45, 7) is 1.97. The van der Waals surface area contributed by atoms with Gasteiger partial charge in [0, 0.05) is 38.7 Å². The Labute approximate surface area is 148 Å². The fourth-order valence-electron chi connectivity index (χ4n) is 2.32. The molecule has 6 heteroatoms. The summed E-state index contributed by atoms with van der Waals surface area (Å²) in [5, 5.41) is 6.15. The van der Waals surface area contributed by atoms with Crippen molar-refractivity contribution in [1.82, 2.24) is 10.3 Å². The summed E-state index contributed by atoms with van der Waals surface area (Å²) in [6.07, 6.45) is 3.30. The zero-order valence-corrected chi connectivity index (χ0v) is 14.7. The quantitative estimate of drug-likeness (QED) is 0.649. The number of pyridine rings is 1. The summed E-state index contributed by atoms with van der Waals surface area (Å²) in [5.74, 6) is 0.682. The van der Waals surface area contributed by atoms with Crippen molar-refractivity contribution >= 4 is 11.6 Å². The summed E-state index contributed by atoms with van der Waals surface area (Å²) in [4.78, 5) is 16.2. The van der Waals surface area contributed by atoms with Crippen LogP contribution in [0.1, 0.15) is 22.5 Å². The lowest BCUT2D eigenvalue weighted by atomic mass is 10.1. The van der Waals surface area contributed by atoms with Crippen molar-refractivity contribution in [2.24, 2.45) is 0 Å². The van der Waals surface area contributed by atoms with Gasteiger partial charge in [0.1, 0.15) is 11.4 Å². The number of benzene rings is 1. The highest BCUT2D eigenvalue weighted by Crippen LogP contribution is 2.12. The number of carbonyl (C=O) groups is 1. The number of amides is 1. The molecule has 1 amide bonds. The van der Waals surface area contributed by atoms with Gasteiger partial charge in [0.05, 0.1) is 7.11 Å². The molecule has 0 saturated carbocycles. The normalized spacial score (nSPS) is 10.3. The van der Waals surface area contributed by atoms with Crippen molar-refractivity contribution in [3.8, 4) is 5.75 Å². The summed E-state index contributed by atoms with van der Waals surface area (Å²) in [7, 11) is 3.30. The molecule has 2 rings (SSSR count). The lowest BCUT2D eigenvalue weighted by molar-refractivity contribution is 0.0943. The molecule has 1 aromatic heterocycles. The molecule has 0 unspecified atom stereocenters. The lowest BCUT2D eigenvalue weighted by Gasteiger charge is -2.09. The summed E-state index contributed by atoms with van der Waals surface area (Å²) in [5.41, 5.74) is 2.51. The SMILES string of the molecule is COCCCNC(=O)c1cc(NCCc2ccc(OC)cc2)ccn1. The van der Waals surface area contributed by atoms with E-state index in [9.17, 15) is 4.79 Å². The maximum atomic E-state index is 12.1. The van der Waals surface area contributed by atoms with Gasteiger partial charge in [-0.15, -0.1) is 0 Å². The van der Waals surface area contributed by atoms with Crippen LogP contribution in [0.4, 0.5) is 5.69 Å². The average Bonchev–Trinajstić information content (AvgIpc) is 2.66. The first-order chi connectivity index (χ1) is 12.2. The number of methoxy groups -OCH3 is 2. The van der Waals surface area contributed by atoms with Crippen molar-refractivity contribution in [2.75, 3.05) is 39.2 Å². The van der Waals surface area contributed by atoms with Crippen LogP contribution in [0.15, 0.2) is 42.6 Å². The van der Waals surface area contributed by atoms with Gasteiger partial charge in [-0.05, 0) is 42.7 Å². The second-order valence-corrected chi connectivity index (χ2v) is 5.56. The van der Waals surface area contributed by atoms with Crippen molar-refractivity contribution in [1.29, 1.82) is 0 Å². The first-order valence-electron chi connectivity index (χ1n) is 8.33. The third-order valence-electron chi connectivity index (χ3n) is 3.71. The smallest absolute Gasteiger partial charge is 0.269 e. The van der Waals surface area contributed by atoms with E-state index in [-0.39, 0.29) is 5.91 Å². The van der Waals surface area contributed by atoms with E-state index in [1.54, 1.807) is 26.5 Å². The van der Waals surface area contributed by atoms with Gasteiger partial charge in [-0.25, -0.2) is 0 Å². The van der Waals surface area contributed by atoms with Gasteiger partial charge in [0.15, 0.2) is 0 Å². The molecule has 25 heavy (non-hydrogen) atoms. The zero-order chi connectivity index (χ0) is 17.9. The Kier molecular flexibility index (Phi) is 7.72. The van der Waals surface area contributed by atoms with Gasteiger partial charge >= 0.3 is 0 Å². The molecule has 0 spiro atoms. The van der Waals surface area contributed by atoms with Crippen LogP contribution in [0.25, 0.3) is 0 Å². The molecule has 6 nitrogen and oxygen atoms in total. The van der Waals surface area contributed by atoms with E-state index in [0.29, 0.717) is 18.8 Å². The van der Waals surface area contributed by atoms with Crippen LogP contribution in [0.3, 0.4) is 0 Å². The van der Waals surface area contributed by atoms with Gasteiger partial charge < -0.3 is 20.1 Å². The van der Waals surface area contributed by atoms with Crippen LogP contribution in [-0.2, 0) is 11.2 Å². The molecule has 2 N–H and O–H groups in total. The van der Waals surface area contributed by atoms with Crippen LogP contribution in [-0.4, -0.2) is 44.8 Å². The Morgan fingerprint density at radius 1 is 1.12 bits per heavy atom. The second-order valence-electron chi connectivity index (χ2n) is 5.56. The summed E-state index contributed by atoms with van der Waals surface area (Å²) in [6, 6.07) is 11.6. The predicted octanol–water partition coefficient (Wildman–Crippen LogP) is 2.51. The Morgan fingerprint density at radius 3 is 2.64 bits per heavy atom. The minimum absolute atomic E-state index is 0.171. The lowest BCUT2D eigenvalue weighted by Crippen LogP contribution is -2.26. The van der Waals surface area contributed by atoms with E-state index >= 15 is 0 Å². The number of rotatable bonds is 10. The number of nitrogens with one attached hydrogen (secondary N) is 2. The molecule has 0 bridgehead atoms. The van der Waals surface area contributed by atoms with Crippen LogP contribution >= 0.6 is 0 Å². The van der Waals surface area contributed by atoms with Gasteiger partial charge in [-0.2, -0.15) is 0 Å². The van der Waals surface area contributed by atoms with Gasteiger partial charge in [-0.3, -0.25) is 9.78 Å². The number of ether oxygens (including phenoxy) is 2. The Bertz CT molecular complexity index is 659. The van der Waals surface area contributed by atoms with Crippen molar-refractivity contribution in [3.63, 3.8) is 0 Å². The van der Waals surface area contributed by atoms with Gasteiger partial charge in [0.25, 0.3) is 5.91 Å². The monoisotopic (exact) mass is 343 g/mol. The molecule has 0 aliphatic heterocycles. The summed E-state index contributed by atoms with van der Waals surface area (Å²) >= 11 is 0. The number of anilines is 1. The molecule has 134 valence electrons. The largest absolute Gasteiger partial charge is 0.497 e. The van der Waals surface area contributed by atoms with Crippen LogP contribution < -0.4 is 15.4 Å². The van der Waals surface area contributed by atoms with E-state index in [1.165, 1.54) is 5.56 Å². The molecule has 0 saturated heterocycles. The van der Waals surface area contributed by atoms with Gasteiger partial charge in [-0.1, -0.05) is 12.1 Å². The predicted molar refractivity (Wildman–Crippen MR) is 98.3 cm³/mol. The molecule has 2 aromatic rings. The first-order valence-corrected chi connectivity index (χ1v) is 8.33. The third-order valence-corrected chi connectivity index (χ3v) is 3.71. The molecular formula is C19H25N3O3. The van der Waals surface area contributed by atoms with Crippen molar-refractivity contribution < 1.29 is 14.3 Å². The number of nitrogens with zero attached hydrogens (tertiary/aromatic N) is 1. The Morgan fingerprint density at radius 2 is 1.92 bits per heavy atom. The molecule has 1 aromatic carbocycles. The van der Waals surface area contributed by atoms with Crippen LogP contribution in [0, 0.1) is 0 Å². The van der Waals surface area contributed by atoms with Crippen molar-refractivity contribution in [2.45, 2.75) is 12.8 Å². The highest BCUT2D eigenvalue weighted by Gasteiger charge is 2.07. The molecule has 0 radical (unpaired) electrons. The minimum Gasteiger partial charge on any atom is -0.497 e. The van der Waals surface area contributed by atoms with E-state index in [0.717, 1.165) is 30.8 Å². The highest BCUT2D eigenvalue weighted by atomic mass is 16.5. The zero-order valence-electron chi connectivity index (χ0n) is 14.7. The van der Waals surface area contributed by atoms with E-state index in [2.05, 4.69) is 15.6 Å².